The number of piperazine rings is 1. The van der Waals surface area contributed by atoms with E-state index in [9.17, 15) is 14.3 Å². The summed E-state index contributed by atoms with van der Waals surface area (Å²) in [7, 11) is 0. The van der Waals surface area contributed by atoms with Crippen LogP contribution in [0, 0.1) is 5.82 Å². The molecule has 25 heavy (non-hydrogen) atoms. The van der Waals surface area contributed by atoms with Gasteiger partial charge in [-0.05, 0) is 30.3 Å². The first-order valence-electron chi connectivity index (χ1n) is 8.14. The summed E-state index contributed by atoms with van der Waals surface area (Å²) in [6.07, 6.45) is 0. The van der Waals surface area contributed by atoms with Crippen molar-refractivity contribution in [1.82, 2.24) is 0 Å². The van der Waals surface area contributed by atoms with E-state index in [-0.39, 0.29) is 23.9 Å². The Morgan fingerprint density at radius 3 is 2.68 bits per heavy atom. The van der Waals surface area contributed by atoms with Crippen molar-refractivity contribution in [1.29, 1.82) is 0 Å². The van der Waals surface area contributed by atoms with Gasteiger partial charge in [0.25, 0.3) is 5.91 Å². The van der Waals surface area contributed by atoms with Crippen LogP contribution in [-0.2, 0) is 4.79 Å². The average Bonchev–Trinajstić information content (AvgIpc) is 2.59. The van der Waals surface area contributed by atoms with Crippen LogP contribution in [0.1, 0.15) is 0 Å². The normalized spacial score (nSPS) is 15.2. The number of benzene rings is 2. The maximum atomic E-state index is 13.7. The van der Waals surface area contributed by atoms with Gasteiger partial charge < -0.3 is 20.2 Å². The van der Waals surface area contributed by atoms with Crippen LogP contribution in [0.25, 0.3) is 0 Å². The molecule has 2 aromatic carbocycles. The molecule has 1 saturated heterocycles. The van der Waals surface area contributed by atoms with Gasteiger partial charge in [-0.25, -0.2) is 4.39 Å². The van der Waals surface area contributed by atoms with Crippen molar-refractivity contribution < 1.29 is 19.2 Å². The second-order valence-corrected chi connectivity index (χ2v) is 6.51. The molecule has 1 aliphatic rings. The van der Waals surface area contributed by atoms with Crippen molar-refractivity contribution in [3.63, 3.8) is 0 Å². The lowest BCUT2D eigenvalue weighted by Gasteiger charge is -2.33. The molecule has 1 heterocycles. The molecule has 0 bridgehead atoms. The van der Waals surface area contributed by atoms with Gasteiger partial charge in [-0.15, -0.1) is 0 Å². The predicted octanol–water partition coefficient (Wildman–Crippen LogP) is 1.53. The lowest BCUT2D eigenvalue weighted by atomic mass is 10.2. The van der Waals surface area contributed by atoms with E-state index in [0.29, 0.717) is 5.02 Å². The number of nitrogens with zero attached hydrogens (tertiary/aromatic N) is 1. The van der Waals surface area contributed by atoms with Crippen LogP contribution in [0.3, 0.4) is 0 Å². The third-order valence-corrected chi connectivity index (χ3v) is 4.54. The number of hydrogen-bond donors (Lipinski definition) is 3. The zero-order valence-electron chi connectivity index (χ0n) is 13.6. The van der Waals surface area contributed by atoms with Gasteiger partial charge in [-0.3, -0.25) is 4.79 Å². The van der Waals surface area contributed by atoms with Gasteiger partial charge in [0, 0.05) is 5.02 Å². The number of aromatic hydroxyl groups is 1. The summed E-state index contributed by atoms with van der Waals surface area (Å²) in [5, 5.41) is 12.9. The third-order valence-electron chi connectivity index (χ3n) is 4.31. The molecule has 0 atom stereocenters. The summed E-state index contributed by atoms with van der Waals surface area (Å²) in [5.74, 6) is -0.482. The summed E-state index contributed by atoms with van der Waals surface area (Å²) in [4.78, 5) is 15.4. The Bertz CT molecular complexity index is 764. The lowest BCUT2D eigenvalue weighted by Crippen LogP contribution is -3.15. The maximum absolute atomic E-state index is 13.7. The minimum atomic E-state index is -0.503. The SMILES string of the molecule is O=C(C[NH+]1CCN(c2ccccc2O)CC1)Nc1cc(Cl)ccc1F. The van der Waals surface area contributed by atoms with Crippen LogP contribution in [-0.4, -0.2) is 43.7 Å². The number of para-hydroxylation sites is 2. The molecule has 0 radical (unpaired) electrons. The minimum Gasteiger partial charge on any atom is -0.506 e. The molecule has 3 rings (SSSR count). The average molecular weight is 365 g/mol. The summed E-state index contributed by atoms with van der Waals surface area (Å²) in [6, 6.07) is 11.3. The van der Waals surface area contributed by atoms with Crippen molar-refractivity contribution in [2.45, 2.75) is 0 Å². The highest BCUT2D eigenvalue weighted by atomic mass is 35.5. The summed E-state index contributed by atoms with van der Waals surface area (Å²) >= 11 is 5.83. The fourth-order valence-corrected chi connectivity index (χ4v) is 3.16. The highest BCUT2D eigenvalue weighted by Crippen LogP contribution is 2.26. The van der Waals surface area contributed by atoms with E-state index in [1.54, 1.807) is 12.1 Å². The van der Waals surface area contributed by atoms with Crippen molar-refractivity contribution in [2.75, 3.05) is 42.9 Å². The fourth-order valence-electron chi connectivity index (χ4n) is 2.99. The van der Waals surface area contributed by atoms with Crippen molar-refractivity contribution in [3.8, 4) is 5.75 Å². The van der Waals surface area contributed by atoms with Gasteiger partial charge in [0.2, 0.25) is 0 Å². The number of quaternary nitrogens is 1. The van der Waals surface area contributed by atoms with E-state index < -0.39 is 5.82 Å². The first kappa shape index (κ1) is 17.5. The molecule has 1 aliphatic heterocycles. The zero-order valence-corrected chi connectivity index (χ0v) is 14.4. The Labute approximate surface area is 150 Å². The lowest BCUT2D eigenvalue weighted by molar-refractivity contribution is -0.892. The Morgan fingerprint density at radius 1 is 1.24 bits per heavy atom. The van der Waals surface area contributed by atoms with Gasteiger partial charge in [0.05, 0.1) is 37.6 Å². The van der Waals surface area contributed by atoms with E-state index in [0.717, 1.165) is 36.8 Å². The first-order valence-corrected chi connectivity index (χ1v) is 8.52. The maximum Gasteiger partial charge on any atom is 0.279 e. The number of hydrogen-bond acceptors (Lipinski definition) is 3. The fraction of sp³-hybridized carbons (Fsp3) is 0.278. The van der Waals surface area contributed by atoms with E-state index in [1.807, 2.05) is 12.1 Å². The molecule has 5 nitrogen and oxygen atoms in total. The predicted molar refractivity (Wildman–Crippen MR) is 95.9 cm³/mol. The molecule has 1 fully saturated rings. The van der Waals surface area contributed by atoms with Crippen LogP contribution in [0.2, 0.25) is 5.02 Å². The van der Waals surface area contributed by atoms with Gasteiger partial charge in [-0.1, -0.05) is 23.7 Å². The second-order valence-electron chi connectivity index (χ2n) is 6.07. The summed E-state index contributed by atoms with van der Waals surface area (Å²) < 4.78 is 13.7. The molecule has 0 aliphatic carbocycles. The summed E-state index contributed by atoms with van der Waals surface area (Å²) in [5.41, 5.74) is 0.914. The second kappa shape index (κ2) is 7.72. The molecule has 0 saturated carbocycles. The molecular weight excluding hydrogens is 345 g/mol. The summed E-state index contributed by atoms with van der Waals surface area (Å²) in [6.45, 7) is 3.28. The molecule has 0 spiro atoms. The van der Waals surface area contributed by atoms with Gasteiger partial charge in [-0.2, -0.15) is 0 Å². The van der Waals surface area contributed by atoms with E-state index in [1.165, 1.54) is 18.2 Å². The monoisotopic (exact) mass is 364 g/mol. The van der Waals surface area contributed by atoms with Gasteiger partial charge in [0.15, 0.2) is 6.54 Å². The van der Waals surface area contributed by atoms with Crippen molar-refractivity contribution in [2.24, 2.45) is 0 Å². The smallest absolute Gasteiger partial charge is 0.279 e. The molecule has 3 N–H and O–H groups in total. The Balaban J connectivity index is 1.53. The number of nitrogens with one attached hydrogen (secondary N) is 2. The quantitative estimate of drug-likeness (QED) is 0.771. The first-order chi connectivity index (χ1) is 12.0. The molecule has 7 heteroatoms. The number of carbonyl (C=O) groups is 1. The highest BCUT2D eigenvalue weighted by Gasteiger charge is 2.23. The molecular formula is C18H20ClFN3O2+. The van der Waals surface area contributed by atoms with Crippen LogP contribution in [0.5, 0.6) is 5.75 Å². The minimum absolute atomic E-state index is 0.102. The number of rotatable bonds is 4. The van der Waals surface area contributed by atoms with Crippen LogP contribution in [0.4, 0.5) is 15.8 Å². The van der Waals surface area contributed by atoms with Gasteiger partial charge >= 0.3 is 0 Å². The van der Waals surface area contributed by atoms with Crippen molar-refractivity contribution in [3.05, 3.63) is 53.3 Å². The Kier molecular flexibility index (Phi) is 5.40. The van der Waals surface area contributed by atoms with Crippen LogP contribution < -0.4 is 15.1 Å². The number of anilines is 2. The largest absolute Gasteiger partial charge is 0.506 e. The Hall–Kier alpha value is -2.31. The van der Waals surface area contributed by atoms with E-state index in [2.05, 4.69) is 10.2 Å². The van der Waals surface area contributed by atoms with Gasteiger partial charge in [0.1, 0.15) is 11.6 Å². The highest BCUT2D eigenvalue weighted by molar-refractivity contribution is 6.30. The van der Waals surface area contributed by atoms with Crippen LogP contribution >= 0.6 is 11.6 Å². The number of phenols is 1. The zero-order chi connectivity index (χ0) is 17.8. The number of halogens is 2. The molecule has 0 aromatic heterocycles. The number of phenolic OH excluding ortho intramolecular Hbond substituents is 1. The van der Waals surface area contributed by atoms with E-state index in [4.69, 9.17) is 11.6 Å². The van der Waals surface area contributed by atoms with Crippen molar-refractivity contribution >= 4 is 28.9 Å². The molecule has 132 valence electrons. The van der Waals surface area contributed by atoms with Crippen LogP contribution in [0.15, 0.2) is 42.5 Å². The molecule has 0 unspecified atom stereocenters. The number of amides is 1. The number of carbonyl (C=O) groups excluding carboxylic acids is 1. The third kappa shape index (κ3) is 4.41. The topological polar surface area (TPSA) is 57.0 Å². The van der Waals surface area contributed by atoms with E-state index >= 15 is 0 Å². The Morgan fingerprint density at radius 2 is 1.96 bits per heavy atom. The standard InChI is InChI=1S/C18H19ClFN3O2/c19-13-5-6-14(20)15(11-13)21-18(25)12-22-7-9-23(10-8-22)16-3-1-2-4-17(16)24/h1-6,11,24H,7-10,12H2,(H,21,25)/p+1. The molecule has 2 aromatic rings. The molecule has 1 amide bonds.